The van der Waals surface area contributed by atoms with Crippen LogP contribution in [0.25, 0.3) is 11.5 Å². The molecule has 6 heteroatoms. The molecule has 1 atom stereocenters. The van der Waals surface area contributed by atoms with Crippen molar-refractivity contribution in [3.05, 3.63) is 136 Å². The number of urea groups is 1. The van der Waals surface area contributed by atoms with Crippen molar-refractivity contribution in [2.24, 2.45) is 0 Å². The Morgan fingerprint density at radius 3 is 2.26 bits per heavy atom. The Labute approximate surface area is 223 Å². The fraction of sp³-hybridized carbons (Fsp3) is 0.188. The first-order valence-corrected chi connectivity index (χ1v) is 13.0. The number of nitrogens with one attached hydrogen (secondary N) is 1. The Hall–Kier alpha value is -4.58. The molecular formula is C32H31N5O. The van der Waals surface area contributed by atoms with Crippen molar-refractivity contribution >= 4 is 6.03 Å². The van der Waals surface area contributed by atoms with E-state index in [2.05, 4.69) is 96.7 Å². The van der Waals surface area contributed by atoms with Crippen LogP contribution in [0.4, 0.5) is 4.79 Å². The van der Waals surface area contributed by atoms with Gasteiger partial charge >= 0.3 is 6.03 Å². The summed E-state index contributed by atoms with van der Waals surface area (Å²) in [6.45, 7) is 7.08. The average molecular weight is 502 g/mol. The Morgan fingerprint density at radius 2 is 1.55 bits per heavy atom. The number of aromatic nitrogens is 3. The lowest BCUT2D eigenvalue weighted by atomic mass is 10.0. The van der Waals surface area contributed by atoms with E-state index in [0.717, 1.165) is 39.6 Å². The number of hydrogen-bond donors (Lipinski definition) is 1. The molecule has 5 aromatic rings. The third-order valence-corrected chi connectivity index (χ3v) is 7.31. The van der Waals surface area contributed by atoms with Gasteiger partial charge in [0, 0.05) is 18.3 Å². The number of aryl methyl sites for hydroxylation is 3. The lowest BCUT2D eigenvalue weighted by molar-refractivity contribution is 0.180. The minimum atomic E-state index is -0.264. The van der Waals surface area contributed by atoms with Crippen LogP contribution in [0.1, 0.15) is 45.2 Å². The van der Waals surface area contributed by atoms with Gasteiger partial charge in [0.1, 0.15) is 5.82 Å². The number of nitrogens with zero attached hydrogens (tertiary/aromatic N) is 4. The third-order valence-electron chi connectivity index (χ3n) is 7.31. The van der Waals surface area contributed by atoms with Crippen LogP contribution in [0.3, 0.4) is 0 Å². The van der Waals surface area contributed by atoms with Crippen molar-refractivity contribution in [2.45, 2.75) is 39.9 Å². The van der Waals surface area contributed by atoms with Gasteiger partial charge in [-0.1, -0.05) is 77.9 Å². The molecule has 0 saturated heterocycles. The van der Waals surface area contributed by atoms with E-state index in [1.807, 2.05) is 40.8 Å². The molecule has 6 nitrogen and oxygen atoms in total. The van der Waals surface area contributed by atoms with Crippen molar-refractivity contribution in [3.8, 4) is 11.5 Å². The summed E-state index contributed by atoms with van der Waals surface area (Å²) in [5.74, 6) is 0.972. The number of fused-ring (bicyclic) bond motifs is 3. The summed E-state index contributed by atoms with van der Waals surface area (Å²) >= 11 is 0. The van der Waals surface area contributed by atoms with Gasteiger partial charge < -0.3 is 14.8 Å². The third kappa shape index (κ3) is 4.28. The quantitative estimate of drug-likeness (QED) is 0.310. The Morgan fingerprint density at radius 1 is 0.868 bits per heavy atom. The first-order chi connectivity index (χ1) is 18.5. The van der Waals surface area contributed by atoms with Crippen LogP contribution in [-0.4, -0.2) is 25.3 Å². The largest absolute Gasteiger partial charge is 0.334 e. The highest BCUT2D eigenvalue weighted by Crippen LogP contribution is 2.38. The number of para-hydroxylation sites is 1. The number of benzene rings is 3. The highest BCUT2D eigenvalue weighted by Gasteiger charge is 2.35. The van der Waals surface area contributed by atoms with E-state index < -0.39 is 0 Å². The smallest absolute Gasteiger partial charge is 0.318 e. The Balaban J connectivity index is 1.47. The van der Waals surface area contributed by atoms with Crippen LogP contribution >= 0.6 is 0 Å². The summed E-state index contributed by atoms with van der Waals surface area (Å²) in [6, 6.07) is 30.7. The van der Waals surface area contributed by atoms with Crippen LogP contribution in [0.2, 0.25) is 0 Å². The summed E-state index contributed by atoms with van der Waals surface area (Å²) in [4.78, 5) is 15.9. The molecule has 0 aliphatic carbocycles. The van der Waals surface area contributed by atoms with E-state index >= 15 is 0 Å². The molecule has 1 N–H and O–H groups in total. The van der Waals surface area contributed by atoms with Crippen molar-refractivity contribution in [1.82, 2.24) is 24.6 Å². The van der Waals surface area contributed by atoms with Crippen molar-refractivity contribution in [1.29, 1.82) is 0 Å². The van der Waals surface area contributed by atoms with E-state index in [-0.39, 0.29) is 12.1 Å². The molecule has 1 aliphatic heterocycles. The molecule has 0 saturated carbocycles. The van der Waals surface area contributed by atoms with E-state index in [0.29, 0.717) is 13.1 Å². The zero-order chi connectivity index (χ0) is 26.2. The van der Waals surface area contributed by atoms with Crippen LogP contribution in [-0.2, 0) is 13.1 Å². The molecular weight excluding hydrogens is 470 g/mol. The number of carbonyl (C=O) groups excluding carboxylic acids is 1. The second-order valence-corrected chi connectivity index (χ2v) is 10.0. The van der Waals surface area contributed by atoms with Gasteiger partial charge in [-0.05, 0) is 56.2 Å². The molecule has 0 fully saturated rings. The fourth-order valence-electron chi connectivity index (χ4n) is 5.23. The number of hydrogen-bond acceptors (Lipinski definition) is 2. The van der Waals surface area contributed by atoms with E-state index in [4.69, 9.17) is 5.10 Å². The predicted molar refractivity (Wildman–Crippen MR) is 150 cm³/mol. The van der Waals surface area contributed by atoms with Gasteiger partial charge in [-0.25, -0.2) is 9.48 Å². The fourth-order valence-corrected chi connectivity index (χ4v) is 5.23. The van der Waals surface area contributed by atoms with Crippen molar-refractivity contribution in [3.63, 3.8) is 0 Å². The highest BCUT2D eigenvalue weighted by atomic mass is 16.2. The van der Waals surface area contributed by atoms with Gasteiger partial charge in [0.2, 0.25) is 0 Å². The molecule has 2 amide bonds. The lowest BCUT2D eigenvalue weighted by Crippen LogP contribution is -2.41. The van der Waals surface area contributed by atoms with Gasteiger partial charge in [0.15, 0.2) is 0 Å². The molecule has 2 aromatic heterocycles. The SMILES string of the molecule is Cc1ccc(CNC(=O)N2Cc3c(C)nn(-c4ccccc4)c3-n3cccc3C2c2ccc(C)cc2)cc1. The van der Waals surface area contributed by atoms with Crippen LogP contribution in [0.15, 0.2) is 97.2 Å². The zero-order valence-electron chi connectivity index (χ0n) is 21.9. The molecule has 0 radical (unpaired) electrons. The number of rotatable bonds is 4. The Kier molecular flexibility index (Phi) is 6.08. The second-order valence-electron chi connectivity index (χ2n) is 10.0. The summed E-state index contributed by atoms with van der Waals surface area (Å²) in [6.07, 6.45) is 2.07. The zero-order valence-corrected chi connectivity index (χ0v) is 21.9. The second kappa shape index (κ2) is 9.71. The van der Waals surface area contributed by atoms with Gasteiger partial charge in [0.05, 0.1) is 29.7 Å². The van der Waals surface area contributed by atoms with E-state index in [1.54, 1.807) is 0 Å². The van der Waals surface area contributed by atoms with Crippen molar-refractivity contribution in [2.75, 3.05) is 0 Å². The average Bonchev–Trinajstić information content (AvgIpc) is 3.50. The minimum absolute atomic E-state index is 0.108. The maximum absolute atomic E-state index is 13.9. The van der Waals surface area contributed by atoms with Crippen LogP contribution in [0.5, 0.6) is 0 Å². The molecule has 3 aromatic carbocycles. The summed E-state index contributed by atoms with van der Waals surface area (Å²) in [5, 5.41) is 8.11. The number of amides is 2. The maximum atomic E-state index is 13.9. The lowest BCUT2D eigenvalue weighted by Gasteiger charge is -2.31. The Bertz CT molecular complexity index is 1580. The van der Waals surface area contributed by atoms with Gasteiger partial charge in [-0.3, -0.25) is 0 Å². The van der Waals surface area contributed by atoms with Crippen molar-refractivity contribution < 1.29 is 4.79 Å². The molecule has 0 bridgehead atoms. The number of carbonyl (C=O) groups is 1. The summed E-state index contributed by atoms with van der Waals surface area (Å²) in [5.41, 5.74) is 8.48. The van der Waals surface area contributed by atoms with Crippen LogP contribution in [0, 0.1) is 20.8 Å². The normalized spacial score (nSPS) is 14.5. The first kappa shape index (κ1) is 23.8. The monoisotopic (exact) mass is 501 g/mol. The van der Waals surface area contributed by atoms with E-state index in [1.165, 1.54) is 11.1 Å². The molecule has 3 heterocycles. The first-order valence-electron chi connectivity index (χ1n) is 13.0. The molecule has 1 aliphatic rings. The van der Waals surface area contributed by atoms with E-state index in [9.17, 15) is 4.79 Å². The van der Waals surface area contributed by atoms with Crippen LogP contribution < -0.4 is 5.32 Å². The molecule has 38 heavy (non-hydrogen) atoms. The summed E-state index contributed by atoms with van der Waals surface area (Å²) < 4.78 is 4.19. The molecule has 6 rings (SSSR count). The topological polar surface area (TPSA) is 55.1 Å². The predicted octanol–water partition coefficient (Wildman–Crippen LogP) is 6.40. The summed E-state index contributed by atoms with van der Waals surface area (Å²) in [7, 11) is 0. The molecule has 190 valence electrons. The van der Waals surface area contributed by atoms with Gasteiger partial charge in [0.25, 0.3) is 0 Å². The molecule has 0 spiro atoms. The maximum Gasteiger partial charge on any atom is 0.318 e. The van der Waals surface area contributed by atoms with Gasteiger partial charge in [-0.15, -0.1) is 0 Å². The highest BCUT2D eigenvalue weighted by molar-refractivity contribution is 5.76. The standard InChI is InChI=1S/C32H31N5O/c1-22-11-15-25(16-12-22)20-33-32(38)36-21-28-24(3)34-37(27-8-5-4-6-9-27)31(28)35-19-7-10-29(35)30(36)26-17-13-23(2)14-18-26/h4-19,30H,20-21H2,1-3H3,(H,33,38). The van der Waals surface area contributed by atoms with Gasteiger partial charge in [-0.2, -0.15) is 5.10 Å². The minimum Gasteiger partial charge on any atom is -0.334 e. The molecule has 1 unspecified atom stereocenters.